The fraction of sp³-hybridized carbons (Fsp3) is 0.385. The van der Waals surface area contributed by atoms with Crippen molar-refractivity contribution in [2.75, 3.05) is 0 Å². The summed E-state index contributed by atoms with van der Waals surface area (Å²) < 4.78 is 1.86. The van der Waals surface area contributed by atoms with Gasteiger partial charge in [-0.1, -0.05) is 13.0 Å². The highest BCUT2D eigenvalue weighted by Gasteiger charge is 2.10. The zero-order valence-corrected chi connectivity index (χ0v) is 9.95. The highest BCUT2D eigenvalue weighted by Crippen LogP contribution is 2.17. The average Bonchev–Trinajstić information content (AvgIpc) is 2.79. The van der Waals surface area contributed by atoms with Crippen LogP contribution in [0, 0.1) is 0 Å². The Hall–Kier alpha value is -1.68. The van der Waals surface area contributed by atoms with E-state index in [4.69, 9.17) is 0 Å². The van der Waals surface area contributed by atoms with Crippen molar-refractivity contribution in [1.29, 1.82) is 0 Å². The van der Waals surface area contributed by atoms with Crippen LogP contribution in [0.3, 0.4) is 0 Å². The van der Waals surface area contributed by atoms with E-state index in [2.05, 4.69) is 17.0 Å². The summed E-state index contributed by atoms with van der Waals surface area (Å²) >= 11 is 0. The molecule has 0 aliphatic carbocycles. The monoisotopic (exact) mass is 231 g/mol. The molecule has 2 rings (SSSR count). The molecule has 0 radical (unpaired) electrons. The minimum absolute atomic E-state index is 0.509. The lowest BCUT2D eigenvalue weighted by Crippen LogP contribution is -2.01. The molecule has 0 aliphatic heterocycles. The molecule has 1 N–H and O–H groups in total. The molecule has 0 spiro atoms. The van der Waals surface area contributed by atoms with Gasteiger partial charge in [-0.25, -0.2) is 0 Å². The Morgan fingerprint density at radius 1 is 1.41 bits per heavy atom. The summed E-state index contributed by atoms with van der Waals surface area (Å²) in [5, 5.41) is 14.3. The molecule has 0 fully saturated rings. The molecule has 0 amide bonds. The maximum atomic E-state index is 10.1. The van der Waals surface area contributed by atoms with Crippen LogP contribution < -0.4 is 0 Å². The molecular formula is C13H17N3O. The smallest absolute Gasteiger partial charge is 0.0861 e. The molecule has 0 saturated carbocycles. The first-order valence-electron chi connectivity index (χ1n) is 5.89. The lowest BCUT2D eigenvalue weighted by Gasteiger charge is -2.07. The highest BCUT2D eigenvalue weighted by atomic mass is 16.3. The number of aliphatic hydroxyl groups is 1. The zero-order valence-electron chi connectivity index (χ0n) is 9.95. The van der Waals surface area contributed by atoms with Crippen LogP contribution in [0.1, 0.15) is 30.6 Å². The molecule has 4 heteroatoms. The van der Waals surface area contributed by atoms with Crippen LogP contribution in [0.15, 0.2) is 36.9 Å². The molecule has 0 aliphatic rings. The van der Waals surface area contributed by atoms with Gasteiger partial charge in [0.25, 0.3) is 0 Å². The molecule has 17 heavy (non-hydrogen) atoms. The van der Waals surface area contributed by atoms with Gasteiger partial charge in [0.1, 0.15) is 0 Å². The lowest BCUT2D eigenvalue weighted by atomic mass is 10.1. The van der Waals surface area contributed by atoms with Crippen molar-refractivity contribution in [3.8, 4) is 0 Å². The summed E-state index contributed by atoms with van der Waals surface area (Å²) in [7, 11) is 0. The highest BCUT2D eigenvalue weighted by molar-refractivity contribution is 5.15. The van der Waals surface area contributed by atoms with Gasteiger partial charge in [-0.05, 0) is 18.1 Å². The largest absolute Gasteiger partial charge is 0.388 e. The van der Waals surface area contributed by atoms with Gasteiger partial charge in [-0.2, -0.15) is 5.10 Å². The van der Waals surface area contributed by atoms with Gasteiger partial charge in [-0.3, -0.25) is 9.67 Å². The second kappa shape index (κ2) is 5.59. The van der Waals surface area contributed by atoms with Crippen molar-refractivity contribution in [2.45, 2.75) is 32.4 Å². The molecule has 0 bridgehead atoms. The number of hydrogen-bond acceptors (Lipinski definition) is 3. The van der Waals surface area contributed by atoms with E-state index in [1.807, 2.05) is 23.0 Å². The first-order valence-corrected chi connectivity index (χ1v) is 5.89. The Morgan fingerprint density at radius 3 is 3.00 bits per heavy atom. The number of rotatable bonds is 5. The predicted molar refractivity (Wildman–Crippen MR) is 65.4 cm³/mol. The number of hydrogen-bond donors (Lipinski definition) is 1. The summed E-state index contributed by atoms with van der Waals surface area (Å²) in [6.45, 7) is 2.99. The number of aromatic nitrogens is 3. The van der Waals surface area contributed by atoms with E-state index < -0.39 is 6.10 Å². The van der Waals surface area contributed by atoms with Gasteiger partial charge in [0.15, 0.2) is 0 Å². The molecule has 0 saturated heterocycles. The lowest BCUT2D eigenvalue weighted by molar-refractivity contribution is 0.178. The van der Waals surface area contributed by atoms with Crippen molar-refractivity contribution in [2.24, 2.45) is 0 Å². The van der Waals surface area contributed by atoms with Crippen LogP contribution in [0.4, 0.5) is 0 Å². The van der Waals surface area contributed by atoms with Crippen LogP contribution >= 0.6 is 0 Å². The summed E-state index contributed by atoms with van der Waals surface area (Å²) in [5.41, 5.74) is 1.89. The Balaban J connectivity index is 2.01. The molecule has 2 heterocycles. The summed E-state index contributed by atoms with van der Waals surface area (Å²) in [4.78, 5) is 4.03. The number of aliphatic hydroxyl groups excluding tert-OH is 1. The first kappa shape index (κ1) is 11.8. The quantitative estimate of drug-likeness (QED) is 0.855. The third kappa shape index (κ3) is 3.14. The van der Waals surface area contributed by atoms with Crippen molar-refractivity contribution in [3.05, 3.63) is 48.0 Å². The second-order valence-electron chi connectivity index (χ2n) is 4.12. The van der Waals surface area contributed by atoms with E-state index in [1.165, 1.54) is 0 Å². The van der Waals surface area contributed by atoms with Crippen molar-refractivity contribution in [1.82, 2.24) is 14.8 Å². The zero-order chi connectivity index (χ0) is 12.1. The Labute approximate surface area is 101 Å². The summed E-state index contributed by atoms with van der Waals surface area (Å²) in [6, 6.07) is 3.84. The molecular weight excluding hydrogens is 214 g/mol. The fourth-order valence-electron chi connectivity index (χ4n) is 1.76. The van der Waals surface area contributed by atoms with E-state index in [0.717, 1.165) is 24.1 Å². The normalized spacial score (nSPS) is 12.6. The van der Waals surface area contributed by atoms with E-state index in [0.29, 0.717) is 6.42 Å². The maximum Gasteiger partial charge on any atom is 0.0861 e. The molecule has 1 unspecified atom stereocenters. The fourth-order valence-corrected chi connectivity index (χ4v) is 1.76. The van der Waals surface area contributed by atoms with Crippen LogP contribution in [0.2, 0.25) is 0 Å². The van der Waals surface area contributed by atoms with Gasteiger partial charge in [0.2, 0.25) is 0 Å². The predicted octanol–water partition coefficient (Wildman–Crippen LogP) is 1.96. The van der Waals surface area contributed by atoms with Crippen molar-refractivity contribution < 1.29 is 5.11 Å². The third-order valence-corrected chi connectivity index (χ3v) is 2.64. The summed E-state index contributed by atoms with van der Waals surface area (Å²) in [5.74, 6) is 0. The molecule has 4 nitrogen and oxygen atoms in total. The Kier molecular flexibility index (Phi) is 3.88. The Bertz CT molecular complexity index is 453. The van der Waals surface area contributed by atoms with Gasteiger partial charge >= 0.3 is 0 Å². The van der Waals surface area contributed by atoms with Gasteiger partial charge < -0.3 is 5.11 Å². The standard InChI is InChI=1S/C13H17N3O/c1-2-6-16-10-12(9-15-16)13(17)7-11-4-3-5-14-8-11/h3-5,8-10,13,17H,2,6-7H2,1H3. The third-order valence-electron chi connectivity index (χ3n) is 2.64. The molecule has 2 aromatic heterocycles. The number of pyridine rings is 1. The van der Waals surface area contributed by atoms with E-state index >= 15 is 0 Å². The van der Waals surface area contributed by atoms with Crippen LogP contribution in [0.25, 0.3) is 0 Å². The topological polar surface area (TPSA) is 50.9 Å². The van der Waals surface area contributed by atoms with Crippen molar-refractivity contribution in [3.63, 3.8) is 0 Å². The molecule has 2 aromatic rings. The van der Waals surface area contributed by atoms with Crippen molar-refractivity contribution >= 4 is 0 Å². The van der Waals surface area contributed by atoms with Crippen LogP contribution in [-0.2, 0) is 13.0 Å². The van der Waals surface area contributed by atoms with E-state index in [1.54, 1.807) is 18.6 Å². The van der Waals surface area contributed by atoms with Gasteiger partial charge in [0.05, 0.1) is 12.3 Å². The number of aryl methyl sites for hydroxylation is 1. The average molecular weight is 231 g/mol. The minimum Gasteiger partial charge on any atom is -0.388 e. The molecule has 90 valence electrons. The molecule has 0 aromatic carbocycles. The van der Waals surface area contributed by atoms with Gasteiger partial charge in [0, 0.05) is 37.1 Å². The van der Waals surface area contributed by atoms with E-state index in [9.17, 15) is 5.11 Å². The van der Waals surface area contributed by atoms with Crippen LogP contribution in [0.5, 0.6) is 0 Å². The molecule has 1 atom stereocenters. The Morgan fingerprint density at radius 2 is 2.29 bits per heavy atom. The second-order valence-corrected chi connectivity index (χ2v) is 4.12. The van der Waals surface area contributed by atoms with Gasteiger partial charge in [-0.15, -0.1) is 0 Å². The SMILES string of the molecule is CCCn1cc(C(O)Cc2cccnc2)cn1. The number of nitrogens with zero attached hydrogens (tertiary/aromatic N) is 3. The summed E-state index contributed by atoms with van der Waals surface area (Å²) in [6.07, 6.45) is 8.26. The van der Waals surface area contributed by atoms with Crippen LogP contribution in [-0.4, -0.2) is 19.9 Å². The first-order chi connectivity index (χ1) is 8.29. The maximum absolute atomic E-state index is 10.1. The van der Waals surface area contributed by atoms with E-state index in [-0.39, 0.29) is 0 Å². The minimum atomic E-state index is -0.509.